The third-order valence-corrected chi connectivity index (χ3v) is 4.12. The van der Waals surface area contributed by atoms with E-state index < -0.39 is 18.7 Å². The Morgan fingerprint density at radius 3 is 2.59 bits per heavy atom. The summed E-state index contributed by atoms with van der Waals surface area (Å²) >= 11 is 0. The second-order valence-electron chi connectivity index (χ2n) is 5.25. The smallest absolute Gasteiger partial charge is 0.328 e. The van der Waals surface area contributed by atoms with Crippen LogP contribution in [0.3, 0.4) is 0 Å². The van der Waals surface area contributed by atoms with Gasteiger partial charge >= 0.3 is 5.97 Å². The zero-order chi connectivity index (χ0) is 12.4. The molecule has 2 fully saturated rings. The summed E-state index contributed by atoms with van der Waals surface area (Å²) < 4.78 is 12.3. The van der Waals surface area contributed by atoms with Gasteiger partial charge in [-0.1, -0.05) is 6.42 Å². The number of carbonyl (C=O) groups is 2. The van der Waals surface area contributed by atoms with Crippen LogP contribution in [0.25, 0.3) is 0 Å². The van der Waals surface area contributed by atoms with Gasteiger partial charge in [0.1, 0.15) is 6.67 Å². The van der Waals surface area contributed by atoms with Gasteiger partial charge in [-0.2, -0.15) is 0 Å². The van der Waals surface area contributed by atoms with E-state index in [9.17, 15) is 14.0 Å². The average molecular weight is 243 g/mol. The summed E-state index contributed by atoms with van der Waals surface area (Å²) in [5, 5.41) is 10.9. The molecule has 0 heterocycles. The Labute approximate surface area is 99.6 Å². The first kappa shape index (κ1) is 12.3. The molecule has 0 spiro atoms. The van der Waals surface area contributed by atoms with Crippen LogP contribution >= 0.6 is 0 Å². The lowest BCUT2D eigenvalue weighted by Crippen LogP contribution is -2.43. The number of hydrogen-bond donors (Lipinski definition) is 2. The largest absolute Gasteiger partial charge is 0.480 e. The maximum atomic E-state index is 12.3. The van der Waals surface area contributed by atoms with E-state index in [1.165, 1.54) is 19.3 Å². The molecule has 5 heteroatoms. The van der Waals surface area contributed by atoms with E-state index in [1.54, 1.807) is 0 Å². The second-order valence-corrected chi connectivity index (χ2v) is 5.25. The zero-order valence-corrected chi connectivity index (χ0v) is 9.69. The number of aliphatic carboxylic acids is 1. The van der Waals surface area contributed by atoms with Gasteiger partial charge in [-0.3, -0.25) is 4.79 Å². The lowest BCUT2D eigenvalue weighted by atomic mass is 9.86. The van der Waals surface area contributed by atoms with E-state index in [-0.39, 0.29) is 5.91 Å². The Balaban J connectivity index is 1.79. The molecule has 2 rings (SSSR count). The molecule has 2 saturated carbocycles. The Hall–Kier alpha value is -1.13. The second kappa shape index (κ2) is 5.02. The monoisotopic (exact) mass is 243 g/mol. The quantitative estimate of drug-likeness (QED) is 0.766. The van der Waals surface area contributed by atoms with Crippen LogP contribution < -0.4 is 5.32 Å². The lowest BCUT2D eigenvalue weighted by Gasteiger charge is -2.21. The summed E-state index contributed by atoms with van der Waals surface area (Å²) in [5.41, 5.74) is 0. The van der Waals surface area contributed by atoms with E-state index in [0.717, 1.165) is 12.3 Å². The summed E-state index contributed by atoms with van der Waals surface area (Å²) in [5.74, 6) is 0.123. The van der Waals surface area contributed by atoms with E-state index >= 15 is 0 Å². The first-order valence-electron chi connectivity index (χ1n) is 6.18. The third-order valence-electron chi connectivity index (χ3n) is 4.12. The highest BCUT2D eigenvalue weighted by atomic mass is 19.1. The normalized spacial score (nSPS) is 32.4. The van der Waals surface area contributed by atoms with Crippen LogP contribution in [0.15, 0.2) is 0 Å². The number of rotatable bonds is 5. The molecule has 2 bridgehead atoms. The first-order valence-corrected chi connectivity index (χ1v) is 6.18. The van der Waals surface area contributed by atoms with Crippen molar-refractivity contribution < 1.29 is 19.1 Å². The molecule has 2 aliphatic rings. The number of carboxylic acid groups (broad SMARTS) is 1. The van der Waals surface area contributed by atoms with Gasteiger partial charge in [0.25, 0.3) is 0 Å². The maximum absolute atomic E-state index is 12.3. The Morgan fingerprint density at radius 1 is 1.35 bits per heavy atom. The Kier molecular flexibility index (Phi) is 3.64. The SMILES string of the molecule is O=C(CC1CC2CCC1C2)NC(CF)C(=O)O. The van der Waals surface area contributed by atoms with Gasteiger partial charge in [0.15, 0.2) is 6.04 Å². The van der Waals surface area contributed by atoms with E-state index in [4.69, 9.17) is 5.11 Å². The summed E-state index contributed by atoms with van der Waals surface area (Å²) in [6, 6.07) is -1.39. The van der Waals surface area contributed by atoms with Gasteiger partial charge in [0.05, 0.1) is 0 Å². The summed E-state index contributed by atoms with van der Waals surface area (Å²) in [7, 11) is 0. The molecule has 0 aromatic carbocycles. The minimum Gasteiger partial charge on any atom is -0.480 e. The van der Waals surface area contributed by atoms with Crippen molar-refractivity contribution in [2.75, 3.05) is 6.67 Å². The van der Waals surface area contributed by atoms with Gasteiger partial charge in [0.2, 0.25) is 5.91 Å². The highest BCUT2D eigenvalue weighted by molar-refractivity contribution is 5.83. The van der Waals surface area contributed by atoms with Crippen molar-refractivity contribution in [3.05, 3.63) is 0 Å². The predicted octanol–water partition coefficient (Wildman–Crippen LogP) is 1.35. The molecular weight excluding hydrogens is 225 g/mol. The highest BCUT2D eigenvalue weighted by Gasteiger charge is 2.40. The first-order chi connectivity index (χ1) is 8.10. The lowest BCUT2D eigenvalue weighted by molar-refractivity contribution is -0.142. The zero-order valence-electron chi connectivity index (χ0n) is 9.69. The molecule has 4 unspecified atom stereocenters. The molecule has 2 aliphatic carbocycles. The number of hydrogen-bond acceptors (Lipinski definition) is 2. The molecule has 2 N–H and O–H groups in total. The van der Waals surface area contributed by atoms with Gasteiger partial charge in [-0.25, -0.2) is 9.18 Å². The Morgan fingerprint density at radius 2 is 2.12 bits per heavy atom. The minimum atomic E-state index is -1.39. The molecule has 17 heavy (non-hydrogen) atoms. The van der Waals surface area contributed by atoms with Crippen molar-refractivity contribution in [1.29, 1.82) is 0 Å². The molecule has 0 aromatic rings. The number of halogens is 1. The van der Waals surface area contributed by atoms with Gasteiger partial charge in [0, 0.05) is 6.42 Å². The molecular formula is C12H18FNO3. The number of carbonyl (C=O) groups excluding carboxylic acids is 1. The third kappa shape index (κ3) is 2.76. The minimum absolute atomic E-state index is 0.326. The highest BCUT2D eigenvalue weighted by Crippen LogP contribution is 2.49. The van der Waals surface area contributed by atoms with Gasteiger partial charge in [-0.15, -0.1) is 0 Å². The van der Waals surface area contributed by atoms with E-state index in [0.29, 0.717) is 18.3 Å². The van der Waals surface area contributed by atoms with Gasteiger partial charge < -0.3 is 10.4 Å². The molecule has 0 radical (unpaired) electrons. The molecule has 0 saturated heterocycles. The van der Waals surface area contributed by atoms with Crippen LogP contribution in [-0.4, -0.2) is 29.7 Å². The number of fused-ring (bicyclic) bond motifs is 2. The summed E-state index contributed by atoms with van der Waals surface area (Å²) in [4.78, 5) is 22.2. The van der Waals surface area contributed by atoms with Crippen molar-refractivity contribution in [1.82, 2.24) is 5.32 Å². The molecule has 4 nitrogen and oxygen atoms in total. The maximum Gasteiger partial charge on any atom is 0.328 e. The van der Waals surface area contributed by atoms with Crippen molar-refractivity contribution in [3.63, 3.8) is 0 Å². The van der Waals surface area contributed by atoms with E-state index in [2.05, 4.69) is 5.32 Å². The fraction of sp³-hybridized carbons (Fsp3) is 0.833. The molecule has 4 atom stereocenters. The number of nitrogens with one attached hydrogen (secondary N) is 1. The molecule has 0 aliphatic heterocycles. The van der Waals surface area contributed by atoms with Crippen LogP contribution in [-0.2, 0) is 9.59 Å². The van der Waals surface area contributed by atoms with Crippen LogP contribution in [0, 0.1) is 17.8 Å². The van der Waals surface area contributed by atoms with Crippen LogP contribution in [0.2, 0.25) is 0 Å². The van der Waals surface area contributed by atoms with Crippen molar-refractivity contribution >= 4 is 11.9 Å². The van der Waals surface area contributed by atoms with Crippen LogP contribution in [0.5, 0.6) is 0 Å². The number of amides is 1. The van der Waals surface area contributed by atoms with Crippen molar-refractivity contribution in [2.24, 2.45) is 17.8 Å². The average Bonchev–Trinajstić information content (AvgIpc) is 2.87. The van der Waals surface area contributed by atoms with Crippen LogP contribution in [0.4, 0.5) is 4.39 Å². The van der Waals surface area contributed by atoms with Crippen LogP contribution in [0.1, 0.15) is 32.1 Å². The Bertz CT molecular complexity index is 321. The van der Waals surface area contributed by atoms with Crippen molar-refractivity contribution in [3.8, 4) is 0 Å². The van der Waals surface area contributed by atoms with E-state index in [1.807, 2.05) is 0 Å². The standard InChI is InChI=1S/C12H18FNO3/c13-6-10(12(16)17)14-11(15)5-9-4-7-1-2-8(9)3-7/h7-10H,1-6H2,(H,14,15)(H,16,17). The topological polar surface area (TPSA) is 66.4 Å². The van der Waals surface area contributed by atoms with Gasteiger partial charge in [-0.05, 0) is 37.0 Å². The fourth-order valence-corrected chi connectivity index (χ4v) is 3.28. The predicted molar refractivity (Wildman–Crippen MR) is 59.1 cm³/mol. The molecule has 0 aromatic heterocycles. The number of carboxylic acids is 1. The van der Waals surface area contributed by atoms with Crippen molar-refractivity contribution in [2.45, 2.75) is 38.1 Å². The molecule has 1 amide bonds. The fourth-order valence-electron chi connectivity index (χ4n) is 3.28. The summed E-state index contributed by atoms with van der Waals surface area (Å²) in [6.45, 7) is -1.06. The molecule has 96 valence electrons. The summed E-state index contributed by atoms with van der Waals surface area (Å²) in [6.07, 6.45) is 5.10. The number of alkyl halides is 1.